The zero-order chi connectivity index (χ0) is 20.5. The second-order valence-electron chi connectivity index (χ2n) is 5.33. The third kappa shape index (κ3) is 4.34. The fraction of sp³-hybridized carbons (Fsp3) is 0.312. The van der Waals surface area contributed by atoms with E-state index in [0.29, 0.717) is 4.57 Å². The Hall–Kier alpha value is -1.48. The molecule has 0 saturated heterocycles. The molecule has 1 aromatic carbocycles. The molecule has 0 unspecified atom stereocenters. The van der Waals surface area contributed by atoms with Crippen molar-refractivity contribution in [3.05, 3.63) is 44.4 Å². The lowest BCUT2D eigenvalue weighted by molar-refractivity contribution is -0.142. The number of esters is 1. The molecule has 0 radical (unpaired) electrons. The Labute approximate surface area is 166 Å². The summed E-state index contributed by atoms with van der Waals surface area (Å²) in [5.74, 6) is -1.91. The number of benzene rings is 1. The Balaban J connectivity index is 2.61. The van der Waals surface area contributed by atoms with Crippen molar-refractivity contribution in [3.63, 3.8) is 0 Å². The molecular weight excluding hydrogens is 437 g/mol. The summed E-state index contributed by atoms with van der Waals surface area (Å²) in [6.45, 7) is 0.0200. The summed E-state index contributed by atoms with van der Waals surface area (Å²) in [5, 5.41) is -1.53. The Morgan fingerprint density at radius 1 is 1.19 bits per heavy atom. The molecule has 0 amide bonds. The van der Waals surface area contributed by atoms with Gasteiger partial charge in [0.05, 0.1) is 22.2 Å². The summed E-state index contributed by atoms with van der Waals surface area (Å²) in [7, 11) is 2.43. The van der Waals surface area contributed by atoms with Crippen LogP contribution in [0.15, 0.2) is 12.1 Å². The predicted octanol–water partition coefficient (Wildman–Crippen LogP) is 5.61. The standard InChI is InChI=1S/C16H12Cl3F4NO3/c1-24-13(16(21,22)23)12(18)11(14(24)19)8-5-7(9(17)6-10(8)20)15(25)27-4-3-26-2/h5-6H,3-4H2,1-2H3. The molecule has 1 aromatic heterocycles. The highest BCUT2D eigenvalue weighted by Crippen LogP contribution is 2.46. The fourth-order valence-corrected chi connectivity index (χ4v) is 3.34. The van der Waals surface area contributed by atoms with Gasteiger partial charge in [0.2, 0.25) is 0 Å². The minimum absolute atomic E-state index is 0.0938. The molecule has 4 nitrogen and oxygen atoms in total. The number of hydrogen-bond donors (Lipinski definition) is 0. The number of rotatable bonds is 5. The summed E-state index contributed by atoms with van der Waals surface area (Å²) >= 11 is 17.7. The maximum Gasteiger partial charge on any atom is 0.432 e. The van der Waals surface area contributed by atoms with Crippen LogP contribution in [0, 0.1) is 5.82 Å². The lowest BCUT2D eigenvalue weighted by Crippen LogP contribution is -2.11. The molecule has 148 valence electrons. The highest BCUT2D eigenvalue weighted by molar-refractivity contribution is 6.40. The number of methoxy groups -OCH3 is 1. The number of hydrogen-bond acceptors (Lipinski definition) is 3. The van der Waals surface area contributed by atoms with Crippen molar-refractivity contribution >= 4 is 40.8 Å². The van der Waals surface area contributed by atoms with Gasteiger partial charge in [0, 0.05) is 25.3 Å². The van der Waals surface area contributed by atoms with E-state index in [1.54, 1.807) is 0 Å². The van der Waals surface area contributed by atoms with Crippen LogP contribution in [-0.4, -0.2) is 30.9 Å². The molecule has 0 bridgehead atoms. The Bertz CT molecular complexity index is 881. The van der Waals surface area contributed by atoms with E-state index in [4.69, 9.17) is 44.3 Å². The van der Waals surface area contributed by atoms with Crippen molar-refractivity contribution in [2.24, 2.45) is 7.05 Å². The van der Waals surface area contributed by atoms with Crippen LogP contribution in [0.4, 0.5) is 17.6 Å². The first-order valence-corrected chi connectivity index (χ1v) is 8.40. The Morgan fingerprint density at radius 3 is 2.33 bits per heavy atom. The lowest BCUT2D eigenvalue weighted by atomic mass is 10.0. The molecule has 0 fully saturated rings. The number of carbonyl (C=O) groups is 1. The van der Waals surface area contributed by atoms with Gasteiger partial charge in [0.15, 0.2) is 0 Å². The molecule has 11 heteroatoms. The van der Waals surface area contributed by atoms with Crippen LogP contribution in [0.25, 0.3) is 11.1 Å². The highest BCUT2D eigenvalue weighted by Gasteiger charge is 2.40. The van der Waals surface area contributed by atoms with Crippen molar-refractivity contribution in [2.45, 2.75) is 6.18 Å². The Morgan fingerprint density at radius 2 is 1.81 bits per heavy atom. The minimum Gasteiger partial charge on any atom is -0.460 e. The van der Waals surface area contributed by atoms with Crippen molar-refractivity contribution in [1.82, 2.24) is 4.57 Å². The molecule has 0 saturated carbocycles. The molecule has 2 aromatic rings. The zero-order valence-corrected chi connectivity index (χ0v) is 16.2. The van der Waals surface area contributed by atoms with Crippen molar-refractivity contribution in [1.29, 1.82) is 0 Å². The summed E-state index contributed by atoms with van der Waals surface area (Å²) in [6, 6.07) is 1.72. The van der Waals surface area contributed by atoms with Gasteiger partial charge in [-0.15, -0.1) is 0 Å². The van der Waals surface area contributed by atoms with Gasteiger partial charge in [-0.05, 0) is 12.1 Å². The van der Waals surface area contributed by atoms with Gasteiger partial charge in [-0.2, -0.15) is 13.2 Å². The molecule has 0 aliphatic heterocycles. The maximum absolute atomic E-state index is 14.4. The monoisotopic (exact) mass is 447 g/mol. The number of carbonyl (C=O) groups excluding carboxylic acids is 1. The van der Waals surface area contributed by atoms with Crippen LogP contribution in [0.2, 0.25) is 15.2 Å². The van der Waals surface area contributed by atoms with Crippen LogP contribution >= 0.6 is 34.8 Å². The van der Waals surface area contributed by atoms with E-state index in [9.17, 15) is 22.4 Å². The summed E-state index contributed by atoms with van der Waals surface area (Å²) in [6.07, 6.45) is -4.82. The normalized spacial score (nSPS) is 11.7. The Kier molecular flexibility index (Phi) is 6.68. The van der Waals surface area contributed by atoms with E-state index >= 15 is 0 Å². The molecule has 0 atom stereocenters. The molecule has 27 heavy (non-hydrogen) atoms. The van der Waals surface area contributed by atoms with Crippen LogP contribution in [0.3, 0.4) is 0 Å². The molecule has 0 aliphatic rings. The van der Waals surface area contributed by atoms with E-state index in [1.807, 2.05) is 0 Å². The van der Waals surface area contributed by atoms with Crippen LogP contribution in [0.5, 0.6) is 0 Å². The maximum atomic E-state index is 14.4. The number of nitrogens with zero attached hydrogens (tertiary/aromatic N) is 1. The van der Waals surface area contributed by atoms with Crippen molar-refractivity contribution < 1.29 is 31.8 Å². The summed E-state index contributed by atoms with van der Waals surface area (Å²) in [4.78, 5) is 12.1. The molecule has 1 heterocycles. The number of halogens is 7. The molecule has 0 aliphatic carbocycles. The number of aromatic nitrogens is 1. The van der Waals surface area contributed by atoms with Gasteiger partial charge in [-0.1, -0.05) is 34.8 Å². The van der Waals surface area contributed by atoms with Gasteiger partial charge < -0.3 is 14.0 Å². The molecular formula is C16H12Cl3F4NO3. The lowest BCUT2D eigenvalue weighted by Gasteiger charge is -2.10. The van der Waals surface area contributed by atoms with Gasteiger partial charge in [-0.25, -0.2) is 9.18 Å². The summed E-state index contributed by atoms with van der Waals surface area (Å²) in [5.41, 5.74) is -2.33. The van der Waals surface area contributed by atoms with Gasteiger partial charge in [-0.3, -0.25) is 0 Å². The molecule has 0 spiro atoms. The first-order valence-electron chi connectivity index (χ1n) is 7.27. The van der Waals surface area contributed by atoms with Crippen LogP contribution in [0.1, 0.15) is 16.1 Å². The fourth-order valence-electron chi connectivity index (χ4n) is 2.36. The average Bonchev–Trinajstić information content (AvgIpc) is 2.77. The van der Waals surface area contributed by atoms with E-state index in [1.165, 1.54) is 7.11 Å². The van der Waals surface area contributed by atoms with Gasteiger partial charge >= 0.3 is 12.1 Å². The van der Waals surface area contributed by atoms with Gasteiger partial charge in [0.1, 0.15) is 23.3 Å². The first-order chi connectivity index (χ1) is 12.5. The second kappa shape index (κ2) is 8.26. The SMILES string of the molecule is COCCOC(=O)c1cc(-c2c(Cl)c(C(F)(F)F)n(C)c2Cl)c(F)cc1Cl. The molecule has 0 N–H and O–H groups in total. The molecule has 2 rings (SSSR count). The van der Waals surface area contributed by atoms with Crippen molar-refractivity contribution in [3.8, 4) is 11.1 Å². The average molecular weight is 449 g/mol. The number of alkyl halides is 3. The third-order valence-electron chi connectivity index (χ3n) is 3.60. The van der Waals surface area contributed by atoms with Crippen molar-refractivity contribution in [2.75, 3.05) is 20.3 Å². The zero-order valence-electron chi connectivity index (χ0n) is 13.9. The van der Waals surface area contributed by atoms with Gasteiger partial charge in [0.25, 0.3) is 0 Å². The predicted molar refractivity (Wildman–Crippen MR) is 93.0 cm³/mol. The largest absolute Gasteiger partial charge is 0.460 e. The topological polar surface area (TPSA) is 40.5 Å². The quantitative estimate of drug-likeness (QED) is 0.339. The van der Waals surface area contributed by atoms with E-state index < -0.39 is 45.0 Å². The first kappa shape index (κ1) is 21.8. The van der Waals surface area contributed by atoms with E-state index in [-0.39, 0.29) is 23.8 Å². The van der Waals surface area contributed by atoms with E-state index in [0.717, 1.165) is 19.2 Å². The minimum atomic E-state index is -4.82. The van der Waals surface area contributed by atoms with Crippen LogP contribution in [-0.2, 0) is 22.7 Å². The third-order valence-corrected chi connectivity index (χ3v) is 4.72. The second-order valence-corrected chi connectivity index (χ2v) is 6.47. The number of ether oxygens (including phenoxy) is 2. The summed E-state index contributed by atoms with van der Waals surface area (Å²) < 4.78 is 64.2. The highest BCUT2D eigenvalue weighted by atomic mass is 35.5. The van der Waals surface area contributed by atoms with Crippen LogP contribution < -0.4 is 0 Å². The smallest absolute Gasteiger partial charge is 0.432 e. The van der Waals surface area contributed by atoms with E-state index in [2.05, 4.69) is 0 Å².